The maximum Gasteiger partial charge on any atom is 0.103 e. The number of aliphatic hydroxyl groups excluding tert-OH is 2. The lowest BCUT2D eigenvalue weighted by Crippen LogP contribution is -2.29. The van der Waals surface area contributed by atoms with E-state index in [9.17, 15) is 5.11 Å². The number of hydrogen-bond donors (Lipinski definition) is 2. The summed E-state index contributed by atoms with van der Waals surface area (Å²) in [6.45, 7) is 1.98. The average molecular weight is 397 g/mol. The molecule has 0 aliphatic heterocycles. The molecule has 3 nitrogen and oxygen atoms in total. The summed E-state index contributed by atoms with van der Waals surface area (Å²) in [6.07, 6.45) is 28.8. The second-order valence-electron chi connectivity index (χ2n) is 6.80. The lowest BCUT2D eigenvalue weighted by Gasteiger charge is -2.19. The summed E-state index contributed by atoms with van der Waals surface area (Å²) in [4.78, 5) is 0. The Morgan fingerprint density at radius 3 is 1.70 bits per heavy atom. The molecule has 0 heterocycles. The number of aliphatic hydroxyl groups is 2. The lowest BCUT2D eigenvalue weighted by atomic mass is 10.1. The van der Waals surface area contributed by atoms with Gasteiger partial charge >= 0.3 is 0 Å². The summed E-state index contributed by atoms with van der Waals surface area (Å²) in [7, 11) is 2.17. The van der Waals surface area contributed by atoms with Gasteiger partial charge in [-0.2, -0.15) is 0 Å². The van der Waals surface area contributed by atoms with E-state index in [1.165, 1.54) is 25.7 Å². The maximum absolute atomic E-state index is 9.54. The van der Waals surface area contributed by atoms with Crippen LogP contribution in [-0.4, -0.2) is 29.0 Å². The highest BCUT2D eigenvalue weighted by Crippen LogP contribution is 2.13. The molecule has 0 amide bonds. The van der Waals surface area contributed by atoms with Crippen LogP contribution < -0.4 is 0 Å². The van der Waals surface area contributed by atoms with Crippen LogP contribution in [0.15, 0.2) is 48.6 Å². The highest BCUT2D eigenvalue weighted by molar-refractivity contribution is 7.09. The van der Waals surface area contributed by atoms with Gasteiger partial charge in [-0.1, -0.05) is 74.8 Å². The Labute approximate surface area is 169 Å². The molecule has 2 N–H and O–H groups in total. The topological polar surface area (TPSA) is 49.7 Å². The zero-order chi connectivity index (χ0) is 20.0. The summed E-state index contributed by atoms with van der Waals surface area (Å²) in [5, 5.41) is 18.5. The number of allylic oxidation sites excluding steroid dienone is 8. The van der Waals surface area contributed by atoms with Gasteiger partial charge in [-0.15, -0.1) is 0 Å². The molecule has 0 aromatic heterocycles. The van der Waals surface area contributed by atoms with E-state index in [2.05, 4.69) is 65.0 Å². The zero-order valence-electron chi connectivity index (χ0n) is 17.1. The van der Waals surface area contributed by atoms with E-state index in [4.69, 9.17) is 9.63 Å². The second-order valence-corrected chi connectivity index (χ2v) is 7.07. The van der Waals surface area contributed by atoms with E-state index in [-0.39, 0.29) is 12.7 Å². The van der Waals surface area contributed by atoms with Crippen LogP contribution in [0, 0.1) is 0 Å². The van der Waals surface area contributed by atoms with Crippen LogP contribution in [0.4, 0.5) is 0 Å². The third-order valence-corrected chi connectivity index (χ3v) is 4.71. The van der Waals surface area contributed by atoms with Crippen LogP contribution in [-0.2, 0) is 4.52 Å². The van der Waals surface area contributed by atoms with Crippen LogP contribution in [0.1, 0.15) is 77.6 Å². The van der Waals surface area contributed by atoms with Crippen molar-refractivity contribution in [3.63, 3.8) is 0 Å². The van der Waals surface area contributed by atoms with Crippen molar-refractivity contribution in [3.05, 3.63) is 48.6 Å². The molecule has 0 rings (SSSR count). The van der Waals surface area contributed by atoms with Gasteiger partial charge in [0.1, 0.15) is 6.10 Å². The van der Waals surface area contributed by atoms with Crippen LogP contribution in [0.3, 0.4) is 0 Å². The Bertz CT molecular complexity index is 416. The Kier molecular flexibility index (Phi) is 21.0. The molecule has 0 aliphatic carbocycles. The highest BCUT2D eigenvalue weighted by atomic mass is 31.0. The van der Waals surface area contributed by atoms with Gasteiger partial charge in [-0.3, -0.25) is 0 Å². The third kappa shape index (κ3) is 18.4. The van der Waals surface area contributed by atoms with Gasteiger partial charge in [0.05, 0.1) is 12.7 Å². The standard InChI is InChI=1S/C23H41O3P/c1-2-3-4-5-6-7-8-9-10-11-12-13-14-15-16-17-18-19-20-23(26-27)22(25)21-24/h6-7,9-10,12-13,15-16,22-25H,2-5,8,11,14,17-21,27H2,1H3/b7-6-,10-9-,13-12-,16-15-. The Morgan fingerprint density at radius 2 is 1.26 bits per heavy atom. The highest BCUT2D eigenvalue weighted by Gasteiger charge is 2.16. The molecule has 0 aromatic carbocycles. The van der Waals surface area contributed by atoms with E-state index in [1.54, 1.807) is 0 Å². The minimum atomic E-state index is -0.793. The molecule has 3 atom stereocenters. The molecule has 3 unspecified atom stereocenters. The fourth-order valence-corrected chi connectivity index (χ4v) is 2.95. The van der Waals surface area contributed by atoms with Crippen molar-refractivity contribution in [1.29, 1.82) is 0 Å². The van der Waals surface area contributed by atoms with Crippen molar-refractivity contribution < 1.29 is 14.7 Å². The van der Waals surface area contributed by atoms with E-state index < -0.39 is 6.10 Å². The zero-order valence-corrected chi connectivity index (χ0v) is 18.3. The summed E-state index contributed by atoms with van der Waals surface area (Å²) in [5.41, 5.74) is 0. The quantitative estimate of drug-likeness (QED) is 0.168. The van der Waals surface area contributed by atoms with Crippen molar-refractivity contribution in [2.75, 3.05) is 6.61 Å². The molecule has 0 bridgehead atoms. The molecular weight excluding hydrogens is 355 g/mol. The van der Waals surface area contributed by atoms with Gasteiger partial charge in [0.2, 0.25) is 0 Å². The van der Waals surface area contributed by atoms with Gasteiger partial charge in [0.25, 0.3) is 0 Å². The Morgan fingerprint density at radius 1 is 0.778 bits per heavy atom. The lowest BCUT2D eigenvalue weighted by molar-refractivity contribution is 0.00302. The monoisotopic (exact) mass is 396 g/mol. The first-order valence-electron chi connectivity index (χ1n) is 10.5. The van der Waals surface area contributed by atoms with Crippen LogP contribution >= 0.6 is 9.47 Å². The van der Waals surface area contributed by atoms with Gasteiger partial charge < -0.3 is 14.7 Å². The van der Waals surface area contributed by atoms with Crippen molar-refractivity contribution in [3.8, 4) is 0 Å². The average Bonchev–Trinajstić information content (AvgIpc) is 2.69. The van der Waals surface area contributed by atoms with Crippen LogP contribution in [0.5, 0.6) is 0 Å². The molecule has 156 valence electrons. The molecule has 0 aromatic rings. The molecule has 27 heavy (non-hydrogen) atoms. The molecule has 0 fully saturated rings. The van der Waals surface area contributed by atoms with E-state index in [0.717, 1.165) is 44.9 Å². The van der Waals surface area contributed by atoms with Crippen LogP contribution in [0.2, 0.25) is 0 Å². The second kappa shape index (κ2) is 21.6. The van der Waals surface area contributed by atoms with E-state index in [1.807, 2.05) is 0 Å². The first kappa shape index (κ1) is 26.3. The molecule has 4 heteroatoms. The number of rotatable bonds is 18. The smallest absolute Gasteiger partial charge is 0.103 e. The largest absolute Gasteiger partial charge is 0.394 e. The van der Waals surface area contributed by atoms with Crippen molar-refractivity contribution in [2.45, 2.75) is 89.8 Å². The summed E-state index contributed by atoms with van der Waals surface area (Å²) in [6, 6.07) is 0. The normalized spacial score (nSPS) is 15.0. The van der Waals surface area contributed by atoms with Crippen molar-refractivity contribution in [1.82, 2.24) is 0 Å². The predicted octanol–water partition coefficient (Wildman–Crippen LogP) is 6.05. The fraction of sp³-hybridized carbons (Fsp3) is 0.652. The molecule has 0 spiro atoms. The first-order valence-corrected chi connectivity index (χ1v) is 11.0. The van der Waals surface area contributed by atoms with E-state index >= 15 is 0 Å². The molecule has 0 saturated carbocycles. The minimum Gasteiger partial charge on any atom is -0.394 e. The Hall–Kier alpha value is -0.730. The summed E-state index contributed by atoms with van der Waals surface area (Å²) >= 11 is 0. The van der Waals surface area contributed by atoms with Gasteiger partial charge in [-0.05, 0) is 51.4 Å². The molecule has 0 aliphatic rings. The third-order valence-electron chi connectivity index (χ3n) is 4.36. The maximum atomic E-state index is 9.54. The molecule has 0 saturated heterocycles. The van der Waals surface area contributed by atoms with Gasteiger partial charge in [0.15, 0.2) is 0 Å². The van der Waals surface area contributed by atoms with Crippen molar-refractivity contribution >= 4 is 9.47 Å². The van der Waals surface area contributed by atoms with Crippen molar-refractivity contribution in [2.24, 2.45) is 0 Å². The minimum absolute atomic E-state index is 0.254. The Balaban J connectivity index is 3.53. The van der Waals surface area contributed by atoms with E-state index in [0.29, 0.717) is 0 Å². The summed E-state index contributed by atoms with van der Waals surface area (Å²) in [5.74, 6) is 0. The summed E-state index contributed by atoms with van der Waals surface area (Å²) < 4.78 is 5.11. The van der Waals surface area contributed by atoms with Gasteiger partial charge in [-0.25, -0.2) is 0 Å². The first-order chi connectivity index (χ1) is 13.3. The number of unbranched alkanes of at least 4 members (excludes halogenated alkanes) is 5. The number of hydrogen-bond acceptors (Lipinski definition) is 3. The SMILES string of the molecule is CCCCC/C=C\C/C=C\C/C=C\C/C=C\CCCCC(OP)C(O)CO. The molecule has 0 radical (unpaired) electrons. The van der Waals surface area contributed by atoms with Crippen LogP contribution in [0.25, 0.3) is 0 Å². The fourth-order valence-electron chi connectivity index (χ4n) is 2.64. The van der Waals surface area contributed by atoms with Gasteiger partial charge in [0, 0.05) is 9.47 Å². The predicted molar refractivity (Wildman–Crippen MR) is 121 cm³/mol. The molecular formula is C23H41O3P.